The first-order chi connectivity index (χ1) is 9.84. The van der Waals surface area contributed by atoms with E-state index in [1.54, 1.807) is 7.11 Å². The molecule has 1 amide bonds. The van der Waals surface area contributed by atoms with Crippen molar-refractivity contribution in [3.8, 4) is 0 Å². The lowest BCUT2D eigenvalue weighted by molar-refractivity contribution is -0.137. The zero-order valence-electron chi connectivity index (χ0n) is 11.5. The van der Waals surface area contributed by atoms with Crippen molar-refractivity contribution < 1.29 is 27.4 Å². The maximum Gasteiger partial charge on any atom is 0.418 e. The SMILES string of the molecule is COCCCOCC(=O)Nc1ccc(N)c(C(F)(F)F)c1. The van der Waals surface area contributed by atoms with Gasteiger partial charge in [-0.2, -0.15) is 13.2 Å². The highest BCUT2D eigenvalue weighted by Gasteiger charge is 2.33. The highest BCUT2D eigenvalue weighted by atomic mass is 19.4. The Balaban J connectivity index is 2.53. The lowest BCUT2D eigenvalue weighted by atomic mass is 10.1. The van der Waals surface area contributed by atoms with Gasteiger partial charge < -0.3 is 20.5 Å². The Labute approximate surface area is 120 Å². The third-order valence-corrected chi connectivity index (χ3v) is 2.51. The molecule has 21 heavy (non-hydrogen) atoms. The third kappa shape index (κ3) is 6.01. The molecule has 0 atom stereocenters. The van der Waals surface area contributed by atoms with Crippen LogP contribution in [0, 0.1) is 0 Å². The molecular weight excluding hydrogens is 289 g/mol. The van der Waals surface area contributed by atoms with Crippen LogP contribution in [-0.4, -0.2) is 32.8 Å². The molecule has 5 nitrogen and oxygen atoms in total. The summed E-state index contributed by atoms with van der Waals surface area (Å²) in [6.07, 6.45) is -3.94. The topological polar surface area (TPSA) is 73.6 Å². The number of rotatable bonds is 7. The highest BCUT2D eigenvalue weighted by molar-refractivity contribution is 5.92. The second kappa shape index (κ2) is 7.84. The summed E-state index contributed by atoms with van der Waals surface area (Å²) in [5.41, 5.74) is 3.90. The number of amides is 1. The molecule has 118 valence electrons. The summed E-state index contributed by atoms with van der Waals surface area (Å²) in [7, 11) is 1.55. The second-order valence-corrected chi connectivity index (χ2v) is 4.25. The van der Waals surface area contributed by atoms with Crippen LogP contribution in [0.15, 0.2) is 18.2 Å². The van der Waals surface area contributed by atoms with Crippen LogP contribution in [0.3, 0.4) is 0 Å². The molecule has 0 radical (unpaired) electrons. The number of nitrogen functional groups attached to an aromatic ring is 1. The van der Waals surface area contributed by atoms with Crippen molar-refractivity contribution in [1.82, 2.24) is 0 Å². The number of alkyl halides is 3. The highest BCUT2D eigenvalue weighted by Crippen LogP contribution is 2.35. The van der Waals surface area contributed by atoms with Gasteiger partial charge in [0.15, 0.2) is 0 Å². The van der Waals surface area contributed by atoms with Crippen LogP contribution in [0.1, 0.15) is 12.0 Å². The molecule has 0 aromatic heterocycles. The van der Waals surface area contributed by atoms with Gasteiger partial charge in [-0.25, -0.2) is 0 Å². The van der Waals surface area contributed by atoms with Crippen LogP contribution in [0.5, 0.6) is 0 Å². The van der Waals surface area contributed by atoms with Crippen LogP contribution < -0.4 is 11.1 Å². The molecule has 1 aromatic carbocycles. The quantitative estimate of drug-likeness (QED) is 0.599. The van der Waals surface area contributed by atoms with E-state index in [2.05, 4.69) is 5.32 Å². The minimum Gasteiger partial charge on any atom is -0.398 e. The molecule has 0 saturated heterocycles. The fourth-order valence-corrected chi connectivity index (χ4v) is 1.55. The first-order valence-electron chi connectivity index (χ1n) is 6.18. The largest absolute Gasteiger partial charge is 0.418 e. The van der Waals surface area contributed by atoms with Gasteiger partial charge in [-0.3, -0.25) is 4.79 Å². The molecule has 3 N–H and O–H groups in total. The summed E-state index contributed by atoms with van der Waals surface area (Å²) in [5.74, 6) is -0.537. The van der Waals surface area contributed by atoms with Crippen molar-refractivity contribution >= 4 is 17.3 Å². The minimum absolute atomic E-state index is 0.0158. The van der Waals surface area contributed by atoms with E-state index < -0.39 is 23.3 Å². The number of halogens is 3. The minimum atomic E-state index is -4.57. The Hall–Kier alpha value is -1.80. The number of anilines is 2. The average molecular weight is 306 g/mol. The van der Waals surface area contributed by atoms with Crippen molar-refractivity contribution in [3.05, 3.63) is 23.8 Å². The van der Waals surface area contributed by atoms with E-state index in [0.717, 1.165) is 12.1 Å². The van der Waals surface area contributed by atoms with E-state index in [4.69, 9.17) is 15.2 Å². The Morgan fingerprint density at radius 1 is 1.33 bits per heavy atom. The number of ether oxygens (including phenoxy) is 2. The standard InChI is InChI=1S/C13H17F3N2O3/c1-20-5-2-6-21-8-12(19)18-9-3-4-11(17)10(7-9)13(14,15)16/h3-4,7H,2,5-6,8,17H2,1H3,(H,18,19). The van der Waals surface area contributed by atoms with E-state index in [9.17, 15) is 18.0 Å². The Bertz CT molecular complexity index is 478. The molecule has 0 unspecified atom stereocenters. The van der Waals surface area contributed by atoms with Crippen LogP contribution >= 0.6 is 0 Å². The fourth-order valence-electron chi connectivity index (χ4n) is 1.55. The zero-order chi connectivity index (χ0) is 15.9. The number of carbonyl (C=O) groups is 1. The lowest BCUT2D eigenvalue weighted by Gasteiger charge is -2.12. The van der Waals surface area contributed by atoms with Crippen molar-refractivity contribution in [2.24, 2.45) is 0 Å². The Kier molecular flexibility index (Phi) is 6.44. The molecule has 8 heteroatoms. The molecule has 0 aliphatic rings. The van der Waals surface area contributed by atoms with E-state index in [-0.39, 0.29) is 12.3 Å². The molecule has 1 rings (SSSR count). The van der Waals surface area contributed by atoms with Gasteiger partial charge in [0.05, 0.1) is 5.56 Å². The number of hydrogen-bond acceptors (Lipinski definition) is 4. The molecule has 0 bridgehead atoms. The monoisotopic (exact) mass is 306 g/mol. The lowest BCUT2D eigenvalue weighted by Crippen LogP contribution is -2.19. The predicted octanol–water partition coefficient (Wildman–Crippen LogP) is 2.28. The fraction of sp³-hybridized carbons (Fsp3) is 0.462. The first-order valence-corrected chi connectivity index (χ1v) is 6.18. The Morgan fingerprint density at radius 2 is 2.05 bits per heavy atom. The summed E-state index contributed by atoms with van der Waals surface area (Å²) >= 11 is 0. The van der Waals surface area contributed by atoms with Gasteiger partial charge >= 0.3 is 6.18 Å². The van der Waals surface area contributed by atoms with Gasteiger partial charge in [0.2, 0.25) is 5.91 Å². The van der Waals surface area contributed by atoms with Gasteiger partial charge in [0.1, 0.15) is 6.61 Å². The maximum absolute atomic E-state index is 12.7. The number of nitrogens with one attached hydrogen (secondary N) is 1. The second-order valence-electron chi connectivity index (χ2n) is 4.25. The average Bonchev–Trinajstić information content (AvgIpc) is 2.39. The van der Waals surface area contributed by atoms with Crippen molar-refractivity contribution in [2.75, 3.05) is 38.0 Å². The van der Waals surface area contributed by atoms with E-state index in [1.165, 1.54) is 6.07 Å². The molecular formula is C13H17F3N2O3. The number of nitrogens with two attached hydrogens (primary N) is 1. The normalized spacial score (nSPS) is 11.4. The number of carbonyl (C=O) groups excluding carboxylic acids is 1. The van der Waals surface area contributed by atoms with Crippen molar-refractivity contribution in [2.45, 2.75) is 12.6 Å². The molecule has 0 fully saturated rings. The summed E-state index contributed by atoms with van der Waals surface area (Å²) < 4.78 is 47.8. The molecule has 0 heterocycles. The first kappa shape index (κ1) is 17.3. The van der Waals surface area contributed by atoms with Crippen LogP contribution in [0.2, 0.25) is 0 Å². The number of hydrogen-bond donors (Lipinski definition) is 2. The smallest absolute Gasteiger partial charge is 0.398 e. The van der Waals surface area contributed by atoms with Gasteiger partial charge in [0.25, 0.3) is 0 Å². The summed E-state index contributed by atoms with van der Waals surface area (Å²) in [5, 5.41) is 2.32. The van der Waals surface area contributed by atoms with Crippen LogP contribution in [0.4, 0.5) is 24.5 Å². The summed E-state index contributed by atoms with van der Waals surface area (Å²) in [6.45, 7) is 0.598. The third-order valence-electron chi connectivity index (χ3n) is 2.51. The van der Waals surface area contributed by atoms with E-state index in [1.807, 2.05) is 0 Å². The molecule has 1 aromatic rings. The van der Waals surface area contributed by atoms with Gasteiger partial charge in [0, 0.05) is 31.7 Å². The molecule has 0 aliphatic heterocycles. The number of methoxy groups -OCH3 is 1. The van der Waals surface area contributed by atoms with E-state index in [0.29, 0.717) is 19.6 Å². The van der Waals surface area contributed by atoms with Gasteiger partial charge in [-0.15, -0.1) is 0 Å². The summed E-state index contributed by atoms with van der Waals surface area (Å²) in [6, 6.07) is 3.18. The van der Waals surface area contributed by atoms with Gasteiger partial charge in [-0.05, 0) is 24.6 Å². The van der Waals surface area contributed by atoms with Crippen molar-refractivity contribution in [3.63, 3.8) is 0 Å². The molecule has 0 aliphatic carbocycles. The Morgan fingerprint density at radius 3 is 2.67 bits per heavy atom. The van der Waals surface area contributed by atoms with E-state index >= 15 is 0 Å². The van der Waals surface area contributed by atoms with Crippen LogP contribution in [0.25, 0.3) is 0 Å². The molecule has 0 saturated carbocycles. The summed E-state index contributed by atoms with van der Waals surface area (Å²) in [4.78, 5) is 11.5. The van der Waals surface area contributed by atoms with Crippen LogP contribution in [-0.2, 0) is 20.4 Å². The van der Waals surface area contributed by atoms with Gasteiger partial charge in [-0.1, -0.05) is 0 Å². The maximum atomic E-state index is 12.7. The van der Waals surface area contributed by atoms with Crippen molar-refractivity contribution in [1.29, 1.82) is 0 Å². The number of benzene rings is 1. The molecule has 0 spiro atoms. The predicted molar refractivity (Wildman–Crippen MR) is 71.8 cm³/mol. The zero-order valence-corrected chi connectivity index (χ0v) is 11.5.